The molecular formula is C22H23NO3. The topological polar surface area (TPSA) is 47.6 Å². The van der Waals surface area contributed by atoms with Crippen molar-refractivity contribution in [3.63, 3.8) is 0 Å². The minimum atomic E-state index is -0.144. The monoisotopic (exact) mass is 349 g/mol. The minimum Gasteiger partial charge on any atom is -0.493 e. The predicted molar refractivity (Wildman–Crippen MR) is 104 cm³/mol. The van der Waals surface area contributed by atoms with Gasteiger partial charge in [0.25, 0.3) is 5.91 Å². The normalized spacial score (nSPS) is 11.8. The summed E-state index contributed by atoms with van der Waals surface area (Å²) < 4.78 is 10.8. The zero-order valence-electron chi connectivity index (χ0n) is 15.3. The molecule has 0 bridgehead atoms. The Morgan fingerprint density at radius 3 is 2.50 bits per heavy atom. The number of carbonyl (C=O) groups excluding carboxylic acids is 1. The van der Waals surface area contributed by atoms with Gasteiger partial charge in [0.2, 0.25) is 0 Å². The van der Waals surface area contributed by atoms with Crippen LogP contribution in [-0.4, -0.2) is 19.6 Å². The van der Waals surface area contributed by atoms with E-state index in [1.807, 2.05) is 32.0 Å². The van der Waals surface area contributed by atoms with Crippen molar-refractivity contribution in [3.05, 3.63) is 71.8 Å². The van der Waals surface area contributed by atoms with Gasteiger partial charge in [-0.2, -0.15) is 0 Å². The molecule has 1 atom stereocenters. The zero-order chi connectivity index (χ0) is 18.5. The van der Waals surface area contributed by atoms with Crippen LogP contribution in [0.15, 0.2) is 60.7 Å². The molecule has 0 heterocycles. The van der Waals surface area contributed by atoms with Gasteiger partial charge in [-0.1, -0.05) is 36.4 Å². The molecule has 0 aromatic heterocycles. The maximum atomic E-state index is 12.6. The average molecular weight is 349 g/mol. The fraction of sp³-hybridized carbons (Fsp3) is 0.227. The van der Waals surface area contributed by atoms with Crippen molar-refractivity contribution in [1.82, 2.24) is 5.32 Å². The third-order valence-corrected chi connectivity index (χ3v) is 4.35. The molecule has 0 fully saturated rings. The van der Waals surface area contributed by atoms with Crippen LogP contribution in [0.2, 0.25) is 0 Å². The molecule has 4 nitrogen and oxygen atoms in total. The van der Waals surface area contributed by atoms with Gasteiger partial charge in [0, 0.05) is 5.56 Å². The van der Waals surface area contributed by atoms with Gasteiger partial charge in [0.15, 0.2) is 11.5 Å². The Kier molecular flexibility index (Phi) is 5.42. The Morgan fingerprint density at radius 2 is 1.77 bits per heavy atom. The highest BCUT2D eigenvalue weighted by Gasteiger charge is 2.14. The van der Waals surface area contributed by atoms with E-state index in [0.717, 1.165) is 10.9 Å². The first-order chi connectivity index (χ1) is 12.6. The summed E-state index contributed by atoms with van der Waals surface area (Å²) in [6.07, 6.45) is 0. The molecule has 0 aliphatic rings. The lowest BCUT2D eigenvalue weighted by Crippen LogP contribution is -2.26. The summed E-state index contributed by atoms with van der Waals surface area (Å²) in [4.78, 5) is 12.6. The molecule has 0 unspecified atom stereocenters. The fourth-order valence-electron chi connectivity index (χ4n) is 2.93. The highest BCUT2D eigenvalue weighted by atomic mass is 16.5. The molecule has 134 valence electrons. The average Bonchev–Trinajstić information content (AvgIpc) is 2.67. The third-order valence-electron chi connectivity index (χ3n) is 4.35. The number of nitrogens with one attached hydrogen (secondary N) is 1. The summed E-state index contributed by atoms with van der Waals surface area (Å²) in [5.41, 5.74) is 1.61. The zero-order valence-corrected chi connectivity index (χ0v) is 15.3. The van der Waals surface area contributed by atoms with Crippen molar-refractivity contribution >= 4 is 16.7 Å². The van der Waals surface area contributed by atoms with Crippen LogP contribution in [0.4, 0.5) is 0 Å². The highest BCUT2D eigenvalue weighted by Crippen LogP contribution is 2.28. The predicted octanol–water partition coefficient (Wildman–Crippen LogP) is 4.74. The van der Waals surface area contributed by atoms with Crippen LogP contribution in [0, 0.1) is 0 Å². The van der Waals surface area contributed by atoms with E-state index in [1.165, 1.54) is 5.39 Å². The van der Waals surface area contributed by atoms with Crippen LogP contribution in [-0.2, 0) is 0 Å². The van der Waals surface area contributed by atoms with Crippen molar-refractivity contribution in [2.75, 3.05) is 13.7 Å². The van der Waals surface area contributed by atoms with Gasteiger partial charge < -0.3 is 14.8 Å². The maximum Gasteiger partial charge on any atom is 0.251 e. The van der Waals surface area contributed by atoms with E-state index in [9.17, 15) is 4.79 Å². The Balaban J connectivity index is 1.78. The molecule has 0 saturated carbocycles. The quantitative estimate of drug-likeness (QED) is 0.699. The molecule has 26 heavy (non-hydrogen) atoms. The fourth-order valence-corrected chi connectivity index (χ4v) is 2.93. The molecule has 3 aromatic carbocycles. The van der Waals surface area contributed by atoms with E-state index in [1.54, 1.807) is 25.3 Å². The molecule has 1 N–H and O–H groups in total. The second kappa shape index (κ2) is 7.91. The van der Waals surface area contributed by atoms with Gasteiger partial charge >= 0.3 is 0 Å². The molecule has 3 aromatic rings. The number of carbonyl (C=O) groups is 1. The van der Waals surface area contributed by atoms with Crippen molar-refractivity contribution in [2.45, 2.75) is 19.9 Å². The van der Waals surface area contributed by atoms with Gasteiger partial charge in [-0.05, 0) is 54.4 Å². The van der Waals surface area contributed by atoms with Gasteiger partial charge in [0.05, 0.1) is 19.8 Å². The Morgan fingerprint density at radius 1 is 1.00 bits per heavy atom. The van der Waals surface area contributed by atoms with Gasteiger partial charge in [-0.25, -0.2) is 0 Å². The van der Waals surface area contributed by atoms with Crippen molar-refractivity contribution in [1.29, 1.82) is 0 Å². The number of benzene rings is 3. The molecule has 4 heteroatoms. The van der Waals surface area contributed by atoms with Gasteiger partial charge in [-0.15, -0.1) is 0 Å². The van der Waals surface area contributed by atoms with Gasteiger partial charge in [0.1, 0.15) is 0 Å². The van der Waals surface area contributed by atoms with E-state index in [2.05, 4.69) is 29.6 Å². The number of hydrogen-bond acceptors (Lipinski definition) is 3. The Hall–Kier alpha value is -3.01. The van der Waals surface area contributed by atoms with Crippen LogP contribution in [0.5, 0.6) is 11.5 Å². The molecule has 3 rings (SSSR count). The van der Waals surface area contributed by atoms with Crippen LogP contribution in [0.3, 0.4) is 0 Å². The van der Waals surface area contributed by atoms with Gasteiger partial charge in [-0.3, -0.25) is 4.79 Å². The smallest absolute Gasteiger partial charge is 0.251 e. The minimum absolute atomic E-state index is 0.107. The summed E-state index contributed by atoms with van der Waals surface area (Å²) in [6, 6.07) is 19.5. The Labute approximate surface area is 153 Å². The standard InChI is InChI=1S/C22H23NO3/c1-4-26-21-14-19(11-12-20(21)25-3)22(24)23-15(2)17-10-9-16-7-5-6-8-18(16)13-17/h5-15H,4H2,1-3H3,(H,23,24)/t15-/m1/s1. The Bertz CT molecular complexity index is 920. The molecule has 0 aliphatic heterocycles. The second-order valence-electron chi connectivity index (χ2n) is 6.10. The molecule has 0 aliphatic carbocycles. The maximum absolute atomic E-state index is 12.6. The first-order valence-electron chi connectivity index (χ1n) is 8.72. The van der Waals surface area contributed by atoms with E-state index < -0.39 is 0 Å². The lowest BCUT2D eigenvalue weighted by Gasteiger charge is -2.16. The lowest BCUT2D eigenvalue weighted by atomic mass is 10.0. The van der Waals surface area contributed by atoms with Crippen molar-refractivity contribution < 1.29 is 14.3 Å². The summed E-state index contributed by atoms with van der Waals surface area (Å²) in [7, 11) is 1.58. The SMILES string of the molecule is CCOc1cc(C(=O)N[C@H](C)c2ccc3ccccc3c2)ccc1OC. The molecule has 1 amide bonds. The number of amides is 1. The molecule has 0 spiro atoms. The van der Waals surface area contributed by atoms with Crippen LogP contribution >= 0.6 is 0 Å². The number of ether oxygens (including phenoxy) is 2. The first kappa shape index (κ1) is 17.8. The summed E-state index contributed by atoms with van der Waals surface area (Å²) in [5.74, 6) is 1.04. The number of fused-ring (bicyclic) bond motifs is 1. The van der Waals surface area contributed by atoms with E-state index in [0.29, 0.717) is 23.7 Å². The van der Waals surface area contributed by atoms with Crippen LogP contribution in [0.25, 0.3) is 10.8 Å². The van der Waals surface area contributed by atoms with Crippen LogP contribution in [0.1, 0.15) is 35.8 Å². The van der Waals surface area contributed by atoms with Crippen molar-refractivity contribution in [2.24, 2.45) is 0 Å². The second-order valence-corrected chi connectivity index (χ2v) is 6.10. The number of rotatable bonds is 6. The van der Waals surface area contributed by atoms with Crippen LogP contribution < -0.4 is 14.8 Å². The number of methoxy groups -OCH3 is 1. The largest absolute Gasteiger partial charge is 0.493 e. The first-order valence-corrected chi connectivity index (χ1v) is 8.72. The van der Waals surface area contributed by atoms with E-state index in [4.69, 9.17) is 9.47 Å². The van der Waals surface area contributed by atoms with E-state index in [-0.39, 0.29) is 11.9 Å². The molecule has 0 saturated heterocycles. The molecule has 0 radical (unpaired) electrons. The number of hydrogen-bond donors (Lipinski definition) is 1. The van der Waals surface area contributed by atoms with Crippen molar-refractivity contribution in [3.8, 4) is 11.5 Å². The summed E-state index contributed by atoms with van der Waals surface area (Å²) >= 11 is 0. The molecular weight excluding hydrogens is 326 g/mol. The lowest BCUT2D eigenvalue weighted by molar-refractivity contribution is 0.0939. The summed E-state index contributed by atoms with van der Waals surface area (Å²) in [5, 5.41) is 5.40. The van der Waals surface area contributed by atoms with E-state index >= 15 is 0 Å². The summed E-state index contributed by atoms with van der Waals surface area (Å²) in [6.45, 7) is 4.39. The highest BCUT2D eigenvalue weighted by molar-refractivity contribution is 5.95. The third kappa shape index (κ3) is 3.80.